The molecule has 0 radical (unpaired) electrons. The molecule has 2 unspecified atom stereocenters. The van der Waals surface area contributed by atoms with Gasteiger partial charge in [0.15, 0.2) is 0 Å². The van der Waals surface area contributed by atoms with Crippen LogP contribution in [0.2, 0.25) is 0 Å². The lowest BCUT2D eigenvalue weighted by atomic mass is 9.86. The highest BCUT2D eigenvalue weighted by Gasteiger charge is 2.22. The van der Waals surface area contributed by atoms with Crippen LogP contribution >= 0.6 is 0 Å². The van der Waals surface area contributed by atoms with Crippen molar-refractivity contribution in [1.29, 1.82) is 0 Å². The van der Waals surface area contributed by atoms with Crippen LogP contribution in [0.4, 0.5) is 11.6 Å². The van der Waals surface area contributed by atoms with Crippen LogP contribution in [0.25, 0.3) is 0 Å². The summed E-state index contributed by atoms with van der Waals surface area (Å²) >= 11 is 0. The van der Waals surface area contributed by atoms with Gasteiger partial charge >= 0.3 is 0 Å². The van der Waals surface area contributed by atoms with Gasteiger partial charge in [-0.1, -0.05) is 19.8 Å². The lowest BCUT2D eigenvalue weighted by Crippen LogP contribution is -2.30. The molecule has 1 aliphatic carbocycles. The number of hydrogen-bond acceptors (Lipinski definition) is 5. The fourth-order valence-corrected chi connectivity index (χ4v) is 2.86. The Hall–Kier alpha value is -1.36. The molecule has 0 saturated heterocycles. The molecule has 1 aromatic heterocycles. The smallest absolute Gasteiger partial charge is 0.133 e. The number of aryl methyl sites for hydroxylation is 1. The number of aliphatic hydroxyl groups excluding tert-OH is 1. The maximum absolute atomic E-state index is 10.0. The minimum Gasteiger partial charge on any atom is -0.393 e. The Labute approximate surface area is 127 Å². The summed E-state index contributed by atoms with van der Waals surface area (Å²) in [7, 11) is 0. The summed E-state index contributed by atoms with van der Waals surface area (Å²) in [6.45, 7) is 5.83. The van der Waals surface area contributed by atoms with Crippen LogP contribution in [0.15, 0.2) is 6.07 Å². The molecule has 21 heavy (non-hydrogen) atoms. The number of nitrogens with zero attached hydrogens (tertiary/aromatic N) is 2. The molecule has 1 aliphatic rings. The van der Waals surface area contributed by atoms with Gasteiger partial charge in [-0.2, -0.15) is 0 Å². The summed E-state index contributed by atoms with van der Waals surface area (Å²) in [5, 5.41) is 16.7. The highest BCUT2D eigenvalue weighted by atomic mass is 16.3. The molecule has 5 nitrogen and oxygen atoms in total. The molecule has 0 bridgehead atoms. The number of hydrogen-bond donors (Lipinski definition) is 3. The van der Waals surface area contributed by atoms with E-state index in [1.54, 1.807) is 0 Å². The number of rotatable bonds is 7. The van der Waals surface area contributed by atoms with E-state index in [9.17, 15) is 5.11 Å². The van der Waals surface area contributed by atoms with E-state index < -0.39 is 0 Å². The van der Waals surface area contributed by atoms with Gasteiger partial charge < -0.3 is 15.7 Å². The Morgan fingerprint density at radius 2 is 1.86 bits per heavy atom. The van der Waals surface area contributed by atoms with Gasteiger partial charge in [0.05, 0.1) is 6.10 Å². The van der Waals surface area contributed by atoms with Crippen molar-refractivity contribution in [2.24, 2.45) is 5.92 Å². The van der Waals surface area contributed by atoms with Gasteiger partial charge in [0.25, 0.3) is 0 Å². The van der Waals surface area contributed by atoms with Crippen molar-refractivity contribution < 1.29 is 5.11 Å². The predicted octanol–water partition coefficient (Wildman–Crippen LogP) is 2.82. The average molecular weight is 292 g/mol. The molecule has 1 heterocycles. The molecular formula is C16H28N4O. The lowest BCUT2D eigenvalue weighted by Gasteiger charge is -2.27. The SMILES string of the molecule is CCCc1nc(NCC)cc(NCC2CCCCC2O)n1. The van der Waals surface area contributed by atoms with E-state index in [0.717, 1.165) is 62.7 Å². The Kier molecular flexibility index (Phi) is 6.23. The number of nitrogens with one attached hydrogen (secondary N) is 2. The number of aromatic nitrogens is 2. The Morgan fingerprint density at radius 1 is 1.14 bits per heavy atom. The zero-order valence-corrected chi connectivity index (χ0v) is 13.2. The first-order valence-electron chi connectivity index (χ1n) is 8.26. The van der Waals surface area contributed by atoms with Crippen LogP contribution in [0, 0.1) is 5.92 Å². The van der Waals surface area contributed by atoms with Crippen LogP contribution in [0.5, 0.6) is 0 Å². The van der Waals surface area contributed by atoms with Gasteiger partial charge in [0.1, 0.15) is 17.5 Å². The first-order valence-corrected chi connectivity index (χ1v) is 8.26. The van der Waals surface area contributed by atoms with Crippen molar-refractivity contribution >= 4 is 11.6 Å². The minimum atomic E-state index is -0.170. The van der Waals surface area contributed by atoms with Gasteiger partial charge in [0, 0.05) is 31.5 Å². The van der Waals surface area contributed by atoms with Crippen molar-refractivity contribution in [2.75, 3.05) is 23.7 Å². The third kappa shape index (κ3) is 4.84. The first-order chi connectivity index (χ1) is 10.2. The quantitative estimate of drug-likeness (QED) is 0.721. The van der Waals surface area contributed by atoms with Gasteiger partial charge in [-0.3, -0.25) is 0 Å². The van der Waals surface area contributed by atoms with E-state index in [1.807, 2.05) is 6.07 Å². The second-order valence-electron chi connectivity index (χ2n) is 5.83. The molecular weight excluding hydrogens is 264 g/mol. The summed E-state index contributed by atoms with van der Waals surface area (Å²) in [6, 6.07) is 1.96. The third-order valence-electron chi connectivity index (χ3n) is 4.02. The molecule has 1 saturated carbocycles. The van der Waals surface area contributed by atoms with Crippen molar-refractivity contribution in [3.8, 4) is 0 Å². The predicted molar refractivity (Wildman–Crippen MR) is 86.6 cm³/mol. The van der Waals surface area contributed by atoms with Gasteiger partial charge in [-0.15, -0.1) is 0 Å². The molecule has 0 aromatic carbocycles. The van der Waals surface area contributed by atoms with E-state index in [2.05, 4.69) is 34.4 Å². The zero-order valence-electron chi connectivity index (χ0n) is 13.2. The standard InChI is InChI=1S/C16H28N4O/c1-3-7-14-19-15(17-4-2)10-16(20-14)18-11-12-8-5-6-9-13(12)21/h10,12-13,21H,3-9,11H2,1-2H3,(H2,17,18,19,20). The molecule has 2 atom stereocenters. The van der Waals surface area contributed by atoms with Crippen molar-refractivity contribution in [3.05, 3.63) is 11.9 Å². The summed E-state index contributed by atoms with van der Waals surface area (Å²) in [5.74, 6) is 2.96. The highest BCUT2D eigenvalue weighted by molar-refractivity contribution is 5.47. The van der Waals surface area contributed by atoms with E-state index in [4.69, 9.17) is 0 Å². The Morgan fingerprint density at radius 3 is 2.52 bits per heavy atom. The van der Waals surface area contributed by atoms with Crippen molar-refractivity contribution in [3.63, 3.8) is 0 Å². The molecule has 1 aromatic rings. The monoisotopic (exact) mass is 292 g/mol. The average Bonchev–Trinajstić information content (AvgIpc) is 2.47. The second kappa shape index (κ2) is 8.17. The summed E-state index contributed by atoms with van der Waals surface area (Å²) in [4.78, 5) is 9.08. The molecule has 0 aliphatic heterocycles. The zero-order chi connectivity index (χ0) is 15.1. The summed E-state index contributed by atoms with van der Waals surface area (Å²) in [5.41, 5.74) is 0. The fourth-order valence-electron chi connectivity index (χ4n) is 2.86. The van der Waals surface area contributed by atoms with Crippen LogP contribution < -0.4 is 10.6 Å². The summed E-state index contributed by atoms with van der Waals surface area (Å²) < 4.78 is 0. The molecule has 3 N–H and O–H groups in total. The largest absolute Gasteiger partial charge is 0.393 e. The van der Waals surface area contributed by atoms with E-state index in [1.165, 1.54) is 6.42 Å². The van der Waals surface area contributed by atoms with Crippen molar-refractivity contribution in [1.82, 2.24) is 9.97 Å². The van der Waals surface area contributed by atoms with Crippen LogP contribution in [-0.4, -0.2) is 34.3 Å². The molecule has 0 amide bonds. The van der Waals surface area contributed by atoms with Gasteiger partial charge in [-0.05, 0) is 26.2 Å². The van der Waals surface area contributed by atoms with E-state index in [-0.39, 0.29) is 6.10 Å². The van der Waals surface area contributed by atoms with E-state index in [0.29, 0.717) is 5.92 Å². The Bertz CT molecular complexity index is 414. The highest BCUT2D eigenvalue weighted by Crippen LogP contribution is 2.24. The molecule has 5 heteroatoms. The normalized spacial score (nSPS) is 22.0. The first kappa shape index (κ1) is 16.0. The number of aliphatic hydroxyl groups is 1. The summed E-state index contributed by atoms with van der Waals surface area (Å²) in [6.07, 6.45) is 6.15. The lowest BCUT2D eigenvalue weighted by molar-refractivity contribution is 0.0763. The van der Waals surface area contributed by atoms with Gasteiger partial charge in [0.2, 0.25) is 0 Å². The molecule has 118 valence electrons. The molecule has 2 rings (SSSR count). The topological polar surface area (TPSA) is 70.1 Å². The van der Waals surface area contributed by atoms with Gasteiger partial charge in [-0.25, -0.2) is 9.97 Å². The molecule has 1 fully saturated rings. The maximum atomic E-state index is 10.0. The van der Waals surface area contributed by atoms with Crippen molar-refractivity contribution in [2.45, 2.75) is 58.5 Å². The molecule has 0 spiro atoms. The van der Waals surface area contributed by atoms with Crippen LogP contribution in [-0.2, 0) is 6.42 Å². The fraction of sp³-hybridized carbons (Fsp3) is 0.750. The number of anilines is 2. The second-order valence-corrected chi connectivity index (χ2v) is 5.83. The maximum Gasteiger partial charge on any atom is 0.133 e. The Balaban J connectivity index is 2.00. The van der Waals surface area contributed by atoms with Crippen LogP contribution in [0.1, 0.15) is 51.8 Å². The third-order valence-corrected chi connectivity index (χ3v) is 4.02. The minimum absolute atomic E-state index is 0.170. The van der Waals surface area contributed by atoms with Crippen LogP contribution in [0.3, 0.4) is 0 Å². The van der Waals surface area contributed by atoms with E-state index >= 15 is 0 Å².